The Morgan fingerprint density at radius 3 is 1.86 bits per heavy atom. The molecule has 0 nitrogen and oxygen atoms in total. The highest BCUT2D eigenvalue weighted by molar-refractivity contribution is 6.31. The lowest BCUT2D eigenvalue weighted by Gasteiger charge is -2.15. The van der Waals surface area contributed by atoms with Crippen molar-refractivity contribution in [3.8, 4) is 0 Å². The van der Waals surface area contributed by atoms with Crippen molar-refractivity contribution < 1.29 is 0 Å². The molecular formula is C13H19Cl. The predicted molar refractivity (Wildman–Crippen MR) is 64.4 cm³/mol. The van der Waals surface area contributed by atoms with Gasteiger partial charge < -0.3 is 0 Å². The van der Waals surface area contributed by atoms with Crippen LogP contribution in [-0.4, -0.2) is 0 Å². The highest BCUT2D eigenvalue weighted by Crippen LogP contribution is 2.30. The predicted octanol–water partition coefficient (Wildman–Crippen LogP) is 4.90. The van der Waals surface area contributed by atoms with Crippen molar-refractivity contribution in [2.45, 2.75) is 46.5 Å². The van der Waals surface area contributed by atoms with Crippen molar-refractivity contribution in [3.63, 3.8) is 0 Å². The summed E-state index contributed by atoms with van der Waals surface area (Å²) >= 11 is 6.20. The van der Waals surface area contributed by atoms with E-state index >= 15 is 0 Å². The smallest absolute Gasteiger partial charge is 0.0443 e. The van der Waals surface area contributed by atoms with E-state index in [4.69, 9.17) is 11.6 Å². The zero-order valence-electron chi connectivity index (χ0n) is 9.69. The maximum Gasteiger partial charge on any atom is 0.0443 e. The molecule has 0 aromatic heterocycles. The number of rotatable bonds is 2. The Labute approximate surface area is 92.3 Å². The average Bonchev–Trinajstić information content (AvgIpc) is 2.02. The Morgan fingerprint density at radius 1 is 0.929 bits per heavy atom. The summed E-state index contributed by atoms with van der Waals surface area (Å²) in [5.41, 5.74) is 3.98. The fraction of sp³-hybridized carbons (Fsp3) is 0.538. The van der Waals surface area contributed by atoms with E-state index in [1.165, 1.54) is 16.7 Å². The first-order valence-corrected chi connectivity index (χ1v) is 5.61. The summed E-state index contributed by atoms with van der Waals surface area (Å²) in [7, 11) is 0. The molecule has 0 bridgehead atoms. The molecule has 0 unspecified atom stereocenters. The lowest BCUT2D eigenvalue weighted by Crippen LogP contribution is -1.97. The van der Waals surface area contributed by atoms with Crippen molar-refractivity contribution in [3.05, 3.63) is 33.8 Å². The summed E-state index contributed by atoms with van der Waals surface area (Å²) in [6.45, 7) is 10.9. The molecule has 0 aliphatic heterocycles. The van der Waals surface area contributed by atoms with E-state index in [1.54, 1.807) is 0 Å². The first-order chi connectivity index (χ1) is 6.43. The van der Waals surface area contributed by atoms with Crippen LogP contribution >= 0.6 is 11.6 Å². The third kappa shape index (κ3) is 2.30. The monoisotopic (exact) mass is 210 g/mol. The second kappa shape index (κ2) is 4.35. The van der Waals surface area contributed by atoms with E-state index in [9.17, 15) is 0 Å². The third-order valence-electron chi connectivity index (χ3n) is 2.63. The van der Waals surface area contributed by atoms with Gasteiger partial charge in [0.05, 0.1) is 0 Å². The third-order valence-corrected chi connectivity index (χ3v) is 2.96. The number of halogens is 1. The summed E-state index contributed by atoms with van der Waals surface area (Å²) in [6.07, 6.45) is 0. The second-order valence-electron chi connectivity index (χ2n) is 4.54. The molecule has 0 heterocycles. The van der Waals surface area contributed by atoms with Crippen molar-refractivity contribution in [2.24, 2.45) is 0 Å². The SMILES string of the molecule is Cc1cc(Cl)c(C(C)C)cc1C(C)C. The van der Waals surface area contributed by atoms with Gasteiger partial charge in [-0.1, -0.05) is 45.4 Å². The lowest BCUT2D eigenvalue weighted by atomic mass is 9.92. The minimum Gasteiger partial charge on any atom is -0.0840 e. The highest BCUT2D eigenvalue weighted by atomic mass is 35.5. The number of hydrogen-bond donors (Lipinski definition) is 0. The molecule has 0 saturated heterocycles. The number of hydrogen-bond acceptors (Lipinski definition) is 0. The summed E-state index contributed by atoms with van der Waals surface area (Å²) in [4.78, 5) is 0. The quantitative estimate of drug-likeness (QED) is 0.652. The van der Waals surface area contributed by atoms with E-state index in [1.807, 2.05) is 0 Å². The molecule has 14 heavy (non-hydrogen) atoms. The second-order valence-corrected chi connectivity index (χ2v) is 4.95. The van der Waals surface area contributed by atoms with Gasteiger partial charge in [0.1, 0.15) is 0 Å². The van der Waals surface area contributed by atoms with Crippen LogP contribution in [0.4, 0.5) is 0 Å². The Bertz CT molecular complexity index is 295. The minimum atomic E-state index is 0.501. The normalized spacial score (nSPS) is 11.4. The molecule has 1 aromatic rings. The van der Waals surface area contributed by atoms with Crippen molar-refractivity contribution in [1.29, 1.82) is 0 Å². The first kappa shape index (κ1) is 11.6. The van der Waals surface area contributed by atoms with Crippen LogP contribution in [0.2, 0.25) is 5.02 Å². The highest BCUT2D eigenvalue weighted by Gasteiger charge is 2.10. The molecule has 0 spiro atoms. The zero-order valence-corrected chi connectivity index (χ0v) is 10.4. The molecule has 1 rings (SSSR count). The van der Waals surface area contributed by atoms with Crippen molar-refractivity contribution >= 4 is 11.6 Å². The largest absolute Gasteiger partial charge is 0.0840 e. The molecule has 0 fully saturated rings. The van der Waals surface area contributed by atoms with E-state index < -0.39 is 0 Å². The first-order valence-electron chi connectivity index (χ1n) is 5.23. The Morgan fingerprint density at radius 2 is 1.43 bits per heavy atom. The summed E-state index contributed by atoms with van der Waals surface area (Å²) < 4.78 is 0. The van der Waals surface area contributed by atoms with Gasteiger partial charge in [-0.2, -0.15) is 0 Å². The van der Waals surface area contributed by atoms with Gasteiger partial charge in [-0.3, -0.25) is 0 Å². The van der Waals surface area contributed by atoms with Gasteiger partial charge in [-0.25, -0.2) is 0 Å². The summed E-state index contributed by atoms with van der Waals surface area (Å²) in [6, 6.07) is 4.35. The van der Waals surface area contributed by atoms with Gasteiger partial charge in [0.2, 0.25) is 0 Å². The Balaban J connectivity index is 3.27. The van der Waals surface area contributed by atoms with Crippen LogP contribution in [0.25, 0.3) is 0 Å². The average molecular weight is 211 g/mol. The van der Waals surface area contributed by atoms with Gasteiger partial charge in [0, 0.05) is 5.02 Å². The van der Waals surface area contributed by atoms with Crippen molar-refractivity contribution in [1.82, 2.24) is 0 Å². The molecule has 0 aliphatic carbocycles. The molecule has 0 saturated carbocycles. The molecule has 1 heteroatoms. The van der Waals surface area contributed by atoms with Gasteiger partial charge >= 0.3 is 0 Å². The van der Waals surface area contributed by atoms with Crippen LogP contribution in [0.5, 0.6) is 0 Å². The van der Waals surface area contributed by atoms with E-state index in [2.05, 4.69) is 46.8 Å². The Hall–Kier alpha value is -0.490. The molecule has 0 radical (unpaired) electrons. The van der Waals surface area contributed by atoms with Crippen LogP contribution < -0.4 is 0 Å². The van der Waals surface area contributed by atoms with Crippen LogP contribution in [-0.2, 0) is 0 Å². The molecule has 78 valence electrons. The summed E-state index contributed by atoms with van der Waals surface area (Å²) in [5, 5.41) is 0.905. The van der Waals surface area contributed by atoms with Gasteiger partial charge in [-0.15, -0.1) is 0 Å². The zero-order chi connectivity index (χ0) is 10.9. The molecule has 1 aromatic carbocycles. The number of aryl methyl sites for hydroxylation is 1. The fourth-order valence-electron chi connectivity index (χ4n) is 1.77. The molecule has 0 atom stereocenters. The summed E-state index contributed by atoms with van der Waals surface area (Å²) in [5.74, 6) is 1.07. The van der Waals surface area contributed by atoms with Crippen LogP contribution in [0.1, 0.15) is 56.2 Å². The maximum absolute atomic E-state index is 6.20. The molecule has 0 N–H and O–H groups in total. The van der Waals surface area contributed by atoms with Gasteiger partial charge in [0.15, 0.2) is 0 Å². The Kier molecular flexibility index (Phi) is 3.60. The minimum absolute atomic E-state index is 0.501. The van der Waals surface area contributed by atoms with Crippen LogP contribution in [0.3, 0.4) is 0 Å². The topological polar surface area (TPSA) is 0 Å². The van der Waals surface area contributed by atoms with E-state index in [0.717, 1.165) is 5.02 Å². The van der Waals surface area contributed by atoms with Crippen LogP contribution in [0, 0.1) is 6.92 Å². The van der Waals surface area contributed by atoms with Gasteiger partial charge in [0.25, 0.3) is 0 Å². The van der Waals surface area contributed by atoms with Crippen molar-refractivity contribution in [2.75, 3.05) is 0 Å². The van der Waals surface area contributed by atoms with Crippen LogP contribution in [0.15, 0.2) is 12.1 Å². The maximum atomic E-state index is 6.20. The molecular weight excluding hydrogens is 192 g/mol. The number of benzene rings is 1. The standard InChI is InChI=1S/C13H19Cl/c1-8(2)11-7-12(9(3)4)13(14)6-10(11)5/h6-9H,1-5H3. The van der Waals surface area contributed by atoms with E-state index in [-0.39, 0.29) is 0 Å². The van der Waals surface area contributed by atoms with E-state index in [0.29, 0.717) is 11.8 Å². The fourth-order valence-corrected chi connectivity index (χ4v) is 2.21. The van der Waals surface area contributed by atoms with Gasteiger partial charge in [-0.05, 0) is 41.5 Å². The molecule has 0 amide bonds. The molecule has 0 aliphatic rings. The lowest BCUT2D eigenvalue weighted by molar-refractivity contribution is 0.827.